The summed E-state index contributed by atoms with van der Waals surface area (Å²) in [6.45, 7) is 7.46. The van der Waals surface area contributed by atoms with Crippen LogP contribution in [0.5, 0.6) is 17.2 Å². The van der Waals surface area contributed by atoms with Gasteiger partial charge in [-0.1, -0.05) is 30.3 Å². The lowest BCUT2D eigenvalue weighted by atomic mass is 10.2. The minimum absolute atomic E-state index is 0. The second kappa shape index (κ2) is 15.6. The maximum Gasteiger partial charge on any atom is 0.191 e. The van der Waals surface area contributed by atoms with Crippen LogP contribution in [-0.2, 0) is 6.54 Å². The van der Waals surface area contributed by atoms with Gasteiger partial charge in [0.05, 0.1) is 20.2 Å². The molecule has 1 atom stereocenters. The van der Waals surface area contributed by atoms with Crippen LogP contribution in [0.25, 0.3) is 0 Å². The Morgan fingerprint density at radius 2 is 1.66 bits per heavy atom. The molecule has 0 heterocycles. The van der Waals surface area contributed by atoms with E-state index in [9.17, 15) is 0 Å². The Bertz CT molecular complexity index is 817. The molecule has 32 heavy (non-hydrogen) atoms. The SMILES string of the molecule is CCNC(=NCc1ccccc1OCCN(C)C)NCC(C)Oc1ccccc1OC.I. The molecule has 0 amide bonds. The standard InChI is InChI=1S/C24H36N4O3.HI/c1-6-25-24(26-17-19(2)31-23-14-10-9-13-22(23)29-5)27-18-20-11-7-8-12-21(20)30-16-15-28(3)4;/h7-14,19H,6,15-18H2,1-5H3,(H2,25,26,27);1H. The molecule has 0 fully saturated rings. The number of hydrogen-bond donors (Lipinski definition) is 2. The van der Waals surface area contributed by atoms with E-state index in [1.165, 1.54) is 0 Å². The van der Waals surface area contributed by atoms with Gasteiger partial charge >= 0.3 is 0 Å². The first kappa shape index (κ1) is 27.8. The third kappa shape index (κ3) is 9.95. The van der Waals surface area contributed by atoms with Crippen molar-refractivity contribution in [3.05, 3.63) is 54.1 Å². The molecule has 0 aliphatic rings. The van der Waals surface area contributed by atoms with Gasteiger partial charge in [-0.05, 0) is 46.1 Å². The maximum absolute atomic E-state index is 6.02. The number of para-hydroxylation sites is 3. The van der Waals surface area contributed by atoms with E-state index >= 15 is 0 Å². The smallest absolute Gasteiger partial charge is 0.191 e. The molecule has 178 valence electrons. The van der Waals surface area contributed by atoms with Crippen LogP contribution in [0.4, 0.5) is 0 Å². The molecule has 0 aromatic heterocycles. The van der Waals surface area contributed by atoms with Crippen molar-refractivity contribution in [2.45, 2.75) is 26.5 Å². The van der Waals surface area contributed by atoms with E-state index in [0.717, 1.165) is 41.9 Å². The summed E-state index contributed by atoms with van der Waals surface area (Å²) in [7, 11) is 5.71. The number of methoxy groups -OCH3 is 1. The second-order valence-electron chi connectivity index (χ2n) is 7.41. The Morgan fingerprint density at radius 3 is 2.31 bits per heavy atom. The number of benzene rings is 2. The van der Waals surface area contributed by atoms with Crippen molar-refractivity contribution < 1.29 is 14.2 Å². The molecule has 0 saturated heterocycles. The first-order valence-corrected chi connectivity index (χ1v) is 10.7. The zero-order valence-electron chi connectivity index (χ0n) is 19.8. The molecule has 1 unspecified atom stereocenters. The third-order valence-corrected chi connectivity index (χ3v) is 4.47. The van der Waals surface area contributed by atoms with E-state index in [0.29, 0.717) is 19.7 Å². The molecule has 0 aliphatic carbocycles. The number of nitrogens with zero attached hydrogens (tertiary/aromatic N) is 2. The largest absolute Gasteiger partial charge is 0.493 e. The Hall–Kier alpha value is -2.20. The number of aliphatic imine (C=N–C) groups is 1. The predicted octanol–water partition coefficient (Wildman–Crippen LogP) is 3.78. The lowest BCUT2D eigenvalue weighted by Crippen LogP contribution is -2.41. The molecule has 0 saturated carbocycles. The fourth-order valence-corrected chi connectivity index (χ4v) is 2.83. The van der Waals surface area contributed by atoms with Crippen LogP contribution in [-0.4, -0.2) is 64.4 Å². The summed E-state index contributed by atoms with van der Waals surface area (Å²) in [4.78, 5) is 6.82. The van der Waals surface area contributed by atoms with Crippen molar-refractivity contribution in [2.75, 3.05) is 47.4 Å². The third-order valence-electron chi connectivity index (χ3n) is 4.47. The average Bonchev–Trinajstić information content (AvgIpc) is 2.76. The van der Waals surface area contributed by atoms with Crippen molar-refractivity contribution in [1.82, 2.24) is 15.5 Å². The summed E-state index contributed by atoms with van der Waals surface area (Å²) in [5, 5.41) is 6.63. The van der Waals surface area contributed by atoms with E-state index in [1.54, 1.807) is 7.11 Å². The topological polar surface area (TPSA) is 67.4 Å². The Morgan fingerprint density at radius 1 is 1.00 bits per heavy atom. The van der Waals surface area contributed by atoms with Crippen LogP contribution in [0.1, 0.15) is 19.4 Å². The zero-order chi connectivity index (χ0) is 22.5. The molecule has 2 aromatic rings. The molecule has 2 N–H and O–H groups in total. The van der Waals surface area contributed by atoms with Gasteiger partial charge in [-0.2, -0.15) is 0 Å². The summed E-state index contributed by atoms with van der Waals surface area (Å²) in [6.07, 6.45) is -0.0678. The van der Waals surface area contributed by atoms with Gasteiger partial charge in [-0.25, -0.2) is 4.99 Å². The van der Waals surface area contributed by atoms with Crippen LogP contribution in [0.15, 0.2) is 53.5 Å². The first-order chi connectivity index (χ1) is 15.0. The van der Waals surface area contributed by atoms with Gasteiger partial charge in [0.2, 0.25) is 0 Å². The minimum atomic E-state index is -0.0678. The zero-order valence-corrected chi connectivity index (χ0v) is 22.1. The molecule has 0 spiro atoms. The monoisotopic (exact) mass is 556 g/mol. The summed E-state index contributed by atoms with van der Waals surface area (Å²) in [5.74, 6) is 3.06. The summed E-state index contributed by atoms with van der Waals surface area (Å²) in [6, 6.07) is 15.7. The highest BCUT2D eigenvalue weighted by Crippen LogP contribution is 2.26. The van der Waals surface area contributed by atoms with E-state index in [1.807, 2.05) is 76.5 Å². The molecular formula is C24H37IN4O3. The van der Waals surface area contributed by atoms with Gasteiger partial charge < -0.3 is 29.7 Å². The normalized spacial score (nSPS) is 12.0. The highest BCUT2D eigenvalue weighted by molar-refractivity contribution is 14.0. The Kier molecular flexibility index (Phi) is 13.5. The van der Waals surface area contributed by atoms with Crippen molar-refractivity contribution in [3.8, 4) is 17.2 Å². The molecule has 0 aliphatic heterocycles. The van der Waals surface area contributed by atoms with Crippen molar-refractivity contribution in [3.63, 3.8) is 0 Å². The fraction of sp³-hybridized carbons (Fsp3) is 0.458. The van der Waals surface area contributed by atoms with Gasteiger partial charge in [0.1, 0.15) is 18.5 Å². The first-order valence-electron chi connectivity index (χ1n) is 10.7. The van der Waals surface area contributed by atoms with E-state index < -0.39 is 0 Å². The number of ether oxygens (including phenoxy) is 3. The van der Waals surface area contributed by atoms with E-state index in [2.05, 4.69) is 15.5 Å². The fourth-order valence-electron chi connectivity index (χ4n) is 2.83. The second-order valence-corrected chi connectivity index (χ2v) is 7.41. The molecular weight excluding hydrogens is 519 g/mol. The Labute approximate surface area is 209 Å². The molecule has 7 nitrogen and oxygen atoms in total. The molecule has 2 rings (SSSR count). The highest BCUT2D eigenvalue weighted by Gasteiger charge is 2.10. The quantitative estimate of drug-likeness (QED) is 0.236. The number of rotatable bonds is 12. The predicted molar refractivity (Wildman–Crippen MR) is 142 cm³/mol. The molecule has 0 radical (unpaired) electrons. The van der Waals surface area contributed by atoms with Crippen molar-refractivity contribution in [2.24, 2.45) is 4.99 Å². The van der Waals surface area contributed by atoms with Crippen LogP contribution in [0, 0.1) is 0 Å². The number of guanidine groups is 1. The number of hydrogen-bond acceptors (Lipinski definition) is 5. The summed E-state index contributed by atoms with van der Waals surface area (Å²) in [5.41, 5.74) is 1.05. The van der Waals surface area contributed by atoms with Gasteiger partial charge in [0.25, 0.3) is 0 Å². The van der Waals surface area contributed by atoms with Crippen LogP contribution in [0.3, 0.4) is 0 Å². The Balaban J connectivity index is 0.00000512. The summed E-state index contributed by atoms with van der Waals surface area (Å²) < 4.78 is 17.3. The molecule has 0 bridgehead atoms. The van der Waals surface area contributed by atoms with E-state index in [4.69, 9.17) is 19.2 Å². The van der Waals surface area contributed by atoms with Crippen LogP contribution >= 0.6 is 24.0 Å². The average molecular weight is 556 g/mol. The van der Waals surface area contributed by atoms with Crippen LogP contribution in [0.2, 0.25) is 0 Å². The van der Waals surface area contributed by atoms with Crippen LogP contribution < -0.4 is 24.8 Å². The number of halogens is 1. The minimum Gasteiger partial charge on any atom is -0.493 e. The molecule has 8 heteroatoms. The van der Waals surface area contributed by atoms with Gasteiger partial charge in [-0.3, -0.25) is 0 Å². The maximum atomic E-state index is 6.02. The number of likely N-dealkylation sites (N-methyl/N-ethyl adjacent to an activating group) is 1. The van der Waals surface area contributed by atoms with Gasteiger partial charge in [0.15, 0.2) is 17.5 Å². The summed E-state index contributed by atoms with van der Waals surface area (Å²) >= 11 is 0. The lowest BCUT2D eigenvalue weighted by Gasteiger charge is -2.19. The van der Waals surface area contributed by atoms with Gasteiger partial charge in [-0.15, -0.1) is 24.0 Å². The highest BCUT2D eigenvalue weighted by atomic mass is 127. The van der Waals surface area contributed by atoms with E-state index in [-0.39, 0.29) is 30.1 Å². The van der Waals surface area contributed by atoms with Crippen molar-refractivity contribution >= 4 is 29.9 Å². The van der Waals surface area contributed by atoms with Gasteiger partial charge in [0, 0.05) is 18.7 Å². The lowest BCUT2D eigenvalue weighted by molar-refractivity contribution is 0.213. The van der Waals surface area contributed by atoms with Crippen molar-refractivity contribution in [1.29, 1.82) is 0 Å². The number of nitrogens with one attached hydrogen (secondary N) is 2. The molecule has 2 aromatic carbocycles.